The molecule has 0 aliphatic heterocycles. The van der Waals surface area contributed by atoms with E-state index in [-0.39, 0.29) is 5.91 Å². The molecule has 0 saturated carbocycles. The summed E-state index contributed by atoms with van der Waals surface area (Å²) in [6.45, 7) is 4.85. The second kappa shape index (κ2) is 7.75. The van der Waals surface area contributed by atoms with Gasteiger partial charge in [-0.2, -0.15) is 0 Å². The molecule has 4 aromatic rings. The standard InChI is InChI=1S/C23H23N5O/c1-16-7-8-19(11-17(16)2)21-13-25-23(27(21)3)26-22(29)20-6-4-5-18(12-20)14-28-10-9-24-15-28/h4-13,15H,14H2,1-3H3,(H,25,26,29). The van der Waals surface area contributed by atoms with Crippen molar-refractivity contribution in [3.63, 3.8) is 0 Å². The number of imidazole rings is 2. The van der Waals surface area contributed by atoms with Crippen molar-refractivity contribution in [1.82, 2.24) is 19.1 Å². The lowest BCUT2D eigenvalue weighted by atomic mass is 10.0. The molecule has 0 radical (unpaired) electrons. The van der Waals surface area contributed by atoms with Crippen LogP contribution in [0.3, 0.4) is 0 Å². The van der Waals surface area contributed by atoms with Gasteiger partial charge in [0.05, 0.1) is 18.2 Å². The van der Waals surface area contributed by atoms with E-state index in [1.807, 2.05) is 40.6 Å². The Hall–Kier alpha value is -3.67. The van der Waals surface area contributed by atoms with Crippen molar-refractivity contribution in [3.8, 4) is 11.3 Å². The number of nitrogens with zero attached hydrogens (tertiary/aromatic N) is 4. The van der Waals surface area contributed by atoms with Crippen LogP contribution in [0.15, 0.2) is 67.4 Å². The third kappa shape index (κ3) is 3.96. The second-order valence-corrected chi connectivity index (χ2v) is 7.21. The topological polar surface area (TPSA) is 64.7 Å². The summed E-state index contributed by atoms with van der Waals surface area (Å²) in [5.74, 6) is 0.334. The number of hydrogen-bond donors (Lipinski definition) is 1. The molecule has 6 nitrogen and oxygen atoms in total. The predicted molar refractivity (Wildman–Crippen MR) is 114 cm³/mol. The molecule has 2 aromatic carbocycles. The Labute approximate surface area is 169 Å². The van der Waals surface area contributed by atoms with Crippen molar-refractivity contribution in [3.05, 3.63) is 89.6 Å². The number of amides is 1. The highest BCUT2D eigenvalue weighted by molar-refractivity contribution is 6.03. The zero-order valence-corrected chi connectivity index (χ0v) is 16.8. The van der Waals surface area contributed by atoms with E-state index in [9.17, 15) is 4.79 Å². The zero-order valence-electron chi connectivity index (χ0n) is 16.8. The second-order valence-electron chi connectivity index (χ2n) is 7.21. The number of hydrogen-bond acceptors (Lipinski definition) is 3. The molecule has 2 aromatic heterocycles. The Morgan fingerprint density at radius 3 is 2.72 bits per heavy atom. The van der Waals surface area contributed by atoms with Gasteiger partial charge in [-0.3, -0.25) is 10.1 Å². The first-order valence-electron chi connectivity index (χ1n) is 9.46. The minimum atomic E-state index is -0.183. The van der Waals surface area contributed by atoms with Crippen LogP contribution >= 0.6 is 0 Å². The maximum atomic E-state index is 12.8. The normalized spacial score (nSPS) is 10.9. The molecule has 0 aliphatic carbocycles. The third-order valence-electron chi connectivity index (χ3n) is 5.13. The lowest BCUT2D eigenvalue weighted by molar-refractivity contribution is 0.102. The average molecular weight is 385 g/mol. The van der Waals surface area contributed by atoms with Gasteiger partial charge in [0, 0.05) is 37.1 Å². The van der Waals surface area contributed by atoms with Crippen LogP contribution in [0.2, 0.25) is 0 Å². The fourth-order valence-electron chi connectivity index (χ4n) is 3.27. The molecule has 2 heterocycles. The van der Waals surface area contributed by atoms with Crippen LogP contribution in [-0.4, -0.2) is 25.0 Å². The number of carbonyl (C=O) groups excluding carboxylic acids is 1. The maximum Gasteiger partial charge on any atom is 0.257 e. The molecular formula is C23H23N5O. The fourth-order valence-corrected chi connectivity index (χ4v) is 3.27. The van der Waals surface area contributed by atoms with Gasteiger partial charge in [0.1, 0.15) is 0 Å². The van der Waals surface area contributed by atoms with Crippen LogP contribution in [0.5, 0.6) is 0 Å². The number of nitrogens with one attached hydrogen (secondary N) is 1. The van der Waals surface area contributed by atoms with E-state index in [2.05, 4.69) is 47.3 Å². The molecule has 0 fully saturated rings. The number of aryl methyl sites for hydroxylation is 2. The lowest BCUT2D eigenvalue weighted by Crippen LogP contribution is -2.15. The Kier molecular flexibility index (Phi) is 4.99. The Morgan fingerprint density at radius 2 is 1.97 bits per heavy atom. The SMILES string of the molecule is Cc1ccc(-c2cnc(NC(=O)c3cccc(Cn4ccnc4)c3)n2C)cc1C. The summed E-state index contributed by atoms with van der Waals surface area (Å²) >= 11 is 0. The largest absolute Gasteiger partial charge is 0.333 e. The van der Waals surface area contributed by atoms with Crippen LogP contribution in [0.25, 0.3) is 11.3 Å². The molecule has 146 valence electrons. The maximum absolute atomic E-state index is 12.8. The summed E-state index contributed by atoms with van der Waals surface area (Å²) in [7, 11) is 1.91. The Bertz CT molecular complexity index is 1160. The summed E-state index contributed by atoms with van der Waals surface area (Å²) in [5.41, 5.74) is 6.14. The van der Waals surface area contributed by atoms with Crippen molar-refractivity contribution in [2.75, 3.05) is 5.32 Å². The zero-order chi connectivity index (χ0) is 20.4. The van der Waals surface area contributed by atoms with Gasteiger partial charge in [0.25, 0.3) is 5.91 Å². The molecule has 0 atom stereocenters. The quantitative estimate of drug-likeness (QED) is 0.560. The summed E-state index contributed by atoms with van der Waals surface area (Å²) in [6.07, 6.45) is 7.18. The highest BCUT2D eigenvalue weighted by Crippen LogP contribution is 2.24. The smallest absolute Gasteiger partial charge is 0.257 e. The number of anilines is 1. The highest BCUT2D eigenvalue weighted by Gasteiger charge is 2.13. The first-order chi connectivity index (χ1) is 14.0. The van der Waals surface area contributed by atoms with Gasteiger partial charge in [-0.05, 0) is 48.7 Å². The monoisotopic (exact) mass is 385 g/mol. The molecule has 6 heteroatoms. The van der Waals surface area contributed by atoms with E-state index in [0.717, 1.165) is 16.8 Å². The van der Waals surface area contributed by atoms with E-state index < -0.39 is 0 Å². The molecule has 4 rings (SSSR count). The van der Waals surface area contributed by atoms with Gasteiger partial charge in [0.15, 0.2) is 0 Å². The van der Waals surface area contributed by atoms with Crippen LogP contribution in [-0.2, 0) is 13.6 Å². The number of carbonyl (C=O) groups is 1. The summed E-state index contributed by atoms with van der Waals surface area (Å²) in [5, 5.41) is 2.92. The predicted octanol–water partition coefficient (Wildman–Crippen LogP) is 4.20. The molecular weight excluding hydrogens is 362 g/mol. The van der Waals surface area contributed by atoms with Gasteiger partial charge in [-0.15, -0.1) is 0 Å². The van der Waals surface area contributed by atoms with Crippen LogP contribution < -0.4 is 5.32 Å². The minimum absolute atomic E-state index is 0.183. The fraction of sp³-hybridized carbons (Fsp3) is 0.174. The molecule has 0 unspecified atom stereocenters. The molecule has 1 amide bonds. The van der Waals surface area contributed by atoms with E-state index in [4.69, 9.17) is 0 Å². The molecule has 0 saturated heterocycles. The van der Waals surface area contributed by atoms with E-state index in [1.54, 1.807) is 24.8 Å². The summed E-state index contributed by atoms with van der Waals surface area (Å²) in [6, 6.07) is 13.9. The molecule has 0 bridgehead atoms. The average Bonchev–Trinajstić information content (AvgIpc) is 3.35. The first-order valence-corrected chi connectivity index (χ1v) is 9.46. The summed E-state index contributed by atoms with van der Waals surface area (Å²) in [4.78, 5) is 21.2. The molecule has 0 aliphatic rings. The van der Waals surface area contributed by atoms with Crippen molar-refractivity contribution in [2.45, 2.75) is 20.4 Å². The molecule has 29 heavy (non-hydrogen) atoms. The van der Waals surface area contributed by atoms with Crippen LogP contribution in [0, 0.1) is 13.8 Å². The van der Waals surface area contributed by atoms with Crippen molar-refractivity contribution >= 4 is 11.9 Å². The number of rotatable bonds is 5. The van der Waals surface area contributed by atoms with E-state index >= 15 is 0 Å². The van der Waals surface area contributed by atoms with Gasteiger partial charge >= 0.3 is 0 Å². The minimum Gasteiger partial charge on any atom is -0.333 e. The number of benzene rings is 2. The van der Waals surface area contributed by atoms with Crippen LogP contribution in [0.1, 0.15) is 27.0 Å². The summed E-state index contributed by atoms with van der Waals surface area (Å²) < 4.78 is 3.86. The Balaban J connectivity index is 1.53. The number of aromatic nitrogens is 4. The molecule has 1 N–H and O–H groups in total. The van der Waals surface area contributed by atoms with Gasteiger partial charge < -0.3 is 9.13 Å². The highest BCUT2D eigenvalue weighted by atomic mass is 16.1. The third-order valence-corrected chi connectivity index (χ3v) is 5.13. The van der Waals surface area contributed by atoms with Crippen molar-refractivity contribution < 1.29 is 4.79 Å². The van der Waals surface area contributed by atoms with E-state index in [1.165, 1.54) is 11.1 Å². The lowest BCUT2D eigenvalue weighted by Gasteiger charge is -2.10. The van der Waals surface area contributed by atoms with Gasteiger partial charge in [-0.1, -0.05) is 24.3 Å². The van der Waals surface area contributed by atoms with Gasteiger partial charge in [0.2, 0.25) is 5.95 Å². The Morgan fingerprint density at radius 1 is 1.10 bits per heavy atom. The van der Waals surface area contributed by atoms with Crippen molar-refractivity contribution in [2.24, 2.45) is 7.05 Å². The first kappa shape index (κ1) is 18.7. The molecule has 0 spiro atoms. The van der Waals surface area contributed by atoms with Gasteiger partial charge in [-0.25, -0.2) is 9.97 Å². The van der Waals surface area contributed by atoms with Crippen LogP contribution in [0.4, 0.5) is 5.95 Å². The van der Waals surface area contributed by atoms with E-state index in [0.29, 0.717) is 18.1 Å². The van der Waals surface area contributed by atoms with Crippen molar-refractivity contribution in [1.29, 1.82) is 0 Å².